The fourth-order valence-corrected chi connectivity index (χ4v) is 0.753. The molecule has 0 aliphatic carbocycles. The molecule has 11 heavy (non-hydrogen) atoms. The Bertz CT molecular complexity index is 163. The molecule has 0 amide bonds. The van der Waals surface area contributed by atoms with Crippen molar-refractivity contribution in [3.63, 3.8) is 0 Å². The maximum Gasteiger partial charge on any atom is 0.0775 e. The summed E-state index contributed by atoms with van der Waals surface area (Å²) in [5.74, 6) is 0. The lowest BCUT2D eigenvalue weighted by Gasteiger charge is -2.03. The molecular formula is C6H12BrN3O. The molecule has 0 aromatic carbocycles. The predicted octanol–water partition coefficient (Wildman–Crippen LogP) is -0.437. The lowest BCUT2D eigenvalue weighted by Crippen LogP contribution is -2.17. The lowest BCUT2D eigenvalue weighted by molar-refractivity contribution is 0.297. The van der Waals surface area contributed by atoms with Crippen molar-refractivity contribution < 1.29 is 5.11 Å². The average molecular weight is 222 g/mol. The second-order valence-electron chi connectivity index (χ2n) is 1.80. The highest BCUT2D eigenvalue weighted by Crippen LogP contribution is 1.98. The van der Waals surface area contributed by atoms with Crippen LogP contribution in [0.1, 0.15) is 0 Å². The molecule has 64 valence electrons. The van der Waals surface area contributed by atoms with Gasteiger partial charge in [0.25, 0.3) is 0 Å². The molecule has 0 fully saturated rings. The Labute approximate surface area is 74.1 Å². The van der Waals surface area contributed by atoms with Crippen molar-refractivity contribution in [1.82, 2.24) is 5.32 Å². The van der Waals surface area contributed by atoms with Gasteiger partial charge in [-0.2, -0.15) is 0 Å². The zero-order chi connectivity index (χ0) is 8.69. The summed E-state index contributed by atoms with van der Waals surface area (Å²) in [7, 11) is 0. The molecule has 0 rings (SSSR count). The second kappa shape index (κ2) is 6.06. The monoisotopic (exact) mass is 221 g/mol. The molecule has 0 aliphatic rings. The molecule has 0 heterocycles. The number of nitrogens with two attached hydrogens (primary N) is 2. The summed E-state index contributed by atoms with van der Waals surface area (Å²) in [6, 6.07) is 0. The Hall–Kier alpha value is -0.680. The van der Waals surface area contributed by atoms with Crippen molar-refractivity contribution in [3.05, 3.63) is 22.6 Å². The van der Waals surface area contributed by atoms with Crippen LogP contribution in [0.15, 0.2) is 22.6 Å². The van der Waals surface area contributed by atoms with Crippen LogP contribution in [0.25, 0.3) is 0 Å². The van der Waals surface area contributed by atoms with Crippen LogP contribution in [0.4, 0.5) is 0 Å². The highest BCUT2D eigenvalue weighted by Gasteiger charge is 1.89. The van der Waals surface area contributed by atoms with E-state index in [2.05, 4.69) is 21.2 Å². The molecule has 5 heteroatoms. The number of hydrogen-bond donors (Lipinski definition) is 4. The van der Waals surface area contributed by atoms with E-state index in [0.29, 0.717) is 16.8 Å². The maximum atomic E-state index is 8.45. The van der Waals surface area contributed by atoms with Gasteiger partial charge in [0.2, 0.25) is 0 Å². The maximum absolute atomic E-state index is 8.45. The fourth-order valence-electron chi connectivity index (χ4n) is 0.507. The van der Waals surface area contributed by atoms with Gasteiger partial charge in [0.1, 0.15) is 0 Å². The minimum Gasteiger partial charge on any atom is -0.403 e. The van der Waals surface area contributed by atoms with Gasteiger partial charge in [0.05, 0.1) is 16.9 Å². The van der Waals surface area contributed by atoms with Crippen LogP contribution in [0.2, 0.25) is 0 Å². The summed E-state index contributed by atoms with van der Waals surface area (Å²) in [5, 5.41) is 11.3. The van der Waals surface area contributed by atoms with E-state index in [1.54, 1.807) is 6.08 Å². The van der Waals surface area contributed by atoms with Gasteiger partial charge in [-0.05, 0) is 22.0 Å². The van der Waals surface area contributed by atoms with Crippen molar-refractivity contribution in [1.29, 1.82) is 0 Å². The normalized spacial score (nSPS) is 13.3. The molecule has 0 saturated heterocycles. The SMILES string of the molecule is N/C=C(\C=C(/N)Br)NCCO. The van der Waals surface area contributed by atoms with E-state index in [-0.39, 0.29) is 6.61 Å². The summed E-state index contributed by atoms with van der Waals surface area (Å²) >= 11 is 3.05. The second-order valence-corrected chi connectivity index (χ2v) is 2.72. The summed E-state index contributed by atoms with van der Waals surface area (Å²) in [5.41, 5.74) is 11.2. The van der Waals surface area contributed by atoms with Crippen LogP contribution in [0.3, 0.4) is 0 Å². The quantitative estimate of drug-likeness (QED) is 0.384. The first kappa shape index (κ1) is 10.3. The van der Waals surface area contributed by atoms with Gasteiger partial charge in [-0.25, -0.2) is 0 Å². The fraction of sp³-hybridized carbons (Fsp3) is 0.333. The average Bonchev–Trinajstić information content (AvgIpc) is 1.97. The number of nitrogens with one attached hydrogen (secondary N) is 1. The summed E-state index contributed by atoms with van der Waals surface area (Å²) < 4.78 is 0.486. The standard InChI is InChI=1S/C6H12BrN3O/c7-6(9)3-5(4-8)10-1-2-11/h3-4,10-11H,1-2,8-9H2/b5-4+,6-3-. The molecule has 0 radical (unpaired) electrons. The Kier molecular flexibility index (Phi) is 5.68. The van der Waals surface area contributed by atoms with E-state index < -0.39 is 0 Å². The van der Waals surface area contributed by atoms with Gasteiger partial charge < -0.3 is 21.9 Å². The lowest BCUT2D eigenvalue weighted by atomic mass is 10.4. The molecule has 0 aromatic heterocycles. The third kappa shape index (κ3) is 5.75. The van der Waals surface area contributed by atoms with Gasteiger partial charge >= 0.3 is 0 Å². The smallest absolute Gasteiger partial charge is 0.0775 e. The molecule has 0 spiro atoms. The zero-order valence-electron chi connectivity index (χ0n) is 6.05. The number of halogens is 1. The van der Waals surface area contributed by atoms with Crippen LogP contribution < -0.4 is 16.8 Å². The Morgan fingerprint density at radius 2 is 2.27 bits per heavy atom. The summed E-state index contributed by atoms with van der Waals surface area (Å²) in [6.07, 6.45) is 3.00. The number of rotatable bonds is 4. The first-order chi connectivity index (χ1) is 5.20. The Balaban J connectivity index is 3.89. The van der Waals surface area contributed by atoms with Crippen molar-refractivity contribution in [2.45, 2.75) is 0 Å². The van der Waals surface area contributed by atoms with E-state index in [1.165, 1.54) is 6.20 Å². The number of allylic oxidation sites excluding steroid dienone is 1. The van der Waals surface area contributed by atoms with E-state index in [1.807, 2.05) is 0 Å². The Morgan fingerprint density at radius 3 is 2.64 bits per heavy atom. The van der Waals surface area contributed by atoms with Crippen molar-refractivity contribution in [2.24, 2.45) is 11.5 Å². The van der Waals surface area contributed by atoms with Crippen LogP contribution in [-0.2, 0) is 0 Å². The molecule has 4 nitrogen and oxygen atoms in total. The molecule has 0 unspecified atom stereocenters. The van der Waals surface area contributed by atoms with E-state index >= 15 is 0 Å². The number of aliphatic hydroxyl groups is 1. The van der Waals surface area contributed by atoms with Crippen molar-refractivity contribution >= 4 is 15.9 Å². The summed E-state index contributed by atoms with van der Waals surface area (Å²) in [4.78, 5) is 0. The van der Waals surface area contributed by atoms with E-state index in [0.717, 1.165) is 0 Å². The van der Waals surface area contributed by atoms with E-state index in [9.17, 15) is 0 Å². The van der Waals surface area contributed by atoms with Crippen LogP contribution in [0, 0.1) is 0 Å². The minimum absolute atomic E-state index is 0.0629. The topological polar surface area (TPSA) is 84.3 Å². The first-order valence-electron chi connectivity index (χ1n) is 3.10. The van der Waals surface area contributed by atoms with Gasteiger partial charge in [0.15, 0.2) is 0 Å². The van der Waals surface area contributed by atoms with Gasteiger partial charge in [-0.3, -0.25) is 0 Å². The van der Waals surface area contributed by atoms with Gasteiger partial charge in [-0.15, -0.1) is 0 Å². The third-order valence-electron chi connectivity index (χ3n) is 0.914. The molecule has 0 saturated carbocycles. The molecule has 0 atom stereocenters. The van der Waals surface area contributed by atoms with Crippen LogP contribution >= 0.6 is 15.9 Å². The molecule has 6 N–H and O–H groups in total. The van der Waals surface area contributed by atoms with Gasteiger partial charge in [0, 0.05) is 12.7 Å². The summed E-state index contributed by atoms with van der Waals surface area (Å²) in [6.45, 7) is 0.521. The number of aliphatic hydroxyl groups excluding tert-OH is 1. The Morgan fingerprint density at radius 1 is 1.64 bits per heavy atom. The highest BCUT2D eigenvalue weighted by molar-refractivity contribution is 9.11. The zero-order valence-corrected chi connectivity index (χ0v) is 7.63. The van der Waals surface area contributed by atoms with Crippen LogP contribution in [0.5, 0.6) is 0 Å². The third-order valence-corrected chi connectivity index (χ3v) is 1.14. The number of hydrogen-bond acceptors (Lipinski definition) is 4. The molecule has 0 aliphatic heterocycles. The first-order valence-corrected chi connectivity index (χ1v) is 3.89. The predicted molar refractivity (Wildman–Crippen MR) is 48.6 cm³/mol. The van der Waals surface area contributed by atoms with E-state index in [4.69, 9.17) is 16.6 Å². The van der Waals surface area contributed by atoms with Crippen molar-refractivity contribution in [3.8, 4) is 0 Å². The van der Waals surface area contributed by atoms with Gasteiger partial charge in [-0.1, -0.05) is 0 Å². The molecular weight excluding hydrogens is 210 g/mol. The minimum atomic E-state index is 0.0629. The highest BCUT2D eigenvalue weighted by atomic mass is 79.9. The molecule has 0 aromatic rings. The van der Waals surface area contributed by atoms with Crippen molar-refractivity contribution in [2.75, 3.05) is 13.2 Å². The largest absolute Gasteiger partial charge is 0.403 e. The van der Waals surface area contributed by atoms with Crippen LogP contribution in [-0.4, -0.2) is 18.3 Å². The molecule has 0 bridgehead atoms.